The first-order valence-corrected chi connectivity index (χ1v) is 7.94. The van der Waals surface area contributed by atoms with E-state index in [0.29, 0.717) is 0 Å². The zero-order valence-electron chi connectivity index (χ0n) is 11.5. The Hall–Kier alpha value is -1.48. The number of hydrogen-bond acceptors (Lipinski definition) is 2. The Labute approximate surface area is 128 Å². The fourth-order valence-corrected chi connectivity index (χ4v) is 3.06. The van der Waals surface area contributed by atoms with E-state index >= 15 is 0 Å². The highest BCUT2D eigenvalue weighted by molar-refractivity contribution is 9.10. The van der Waals surface area contributed by atoms with Crippen LogP contribution < -0.4 is 10.2 Å². The van der Waals surface area contributed by atoms with Crippen LogP contribution in [0.25, 0.3) is 0 Å². The second-order valence-electron chi connectivity index (χ2n) is 5.22. The van der Waals surface area contributed by atoms with Crippen LogP contribution in [0.15, 0.2) is 53.0 Å². The maximum Gasteiger partial charge on any atom is 0.0401 e. The average molecular weight is 331 g/mol. The average Bonchev–Trinajstić information content (AvgIpc) is 3.00. The summed E-state index contributed by atoms with van der Waals surface area (Å²) in [6.45, 7) is 3.25. The molecule has 0 spiro atoms. The molecule has 2 nitrogen and oxygen atoms in total. The molecule has 1 aliphatic rings. The fraction of sp³-hybridized carbons (Fsp3) is 0.294. The Morgan fingerprint density at radius 2 is 1.75 bits per heavy atom. The highest BCUT2D eigenvalue weighted by Crippen LogP contribution is 2.22. The molecule has 3 heteroatoms. The molecule has 20 heavy (non-hydrogen) atoms. The Kier molecular flexibility index (Phi) is 4.26. The minimum Gasteiger partial charge on any atom is -0.381 e. The van der Waals surface area contributed by atoms with Crippen molar-refractivity contribution in [3.63, 3.8) is 0 Å². The molecule has 0 aliphatic carbocycles. The summed E-state index contributed by atoms with van der Waals surface area (Å²) >= 11 is 3.50. The maximum atomic E-state index is 3.50. The van der Waals surface area contributed by atoms with E-state index in [1.165, 1.54) is 42.9 Å². The Morgan fingerprint density at radius 1 is 1.00 bits per heavy atom. The van der Waals surface area contributed by atoms with Gasteiger partial charge in [0.15, 0.2) is 0 Å². The Bertz CT molecular complexity index is 559. The van der Waals surface area contributed by atoms with Gasteiger partial charge < -0.3 is 10.2 Å². The molecule has 0 atom stereocenters. The standard InChI is InChI=1S/C17H19BrN2/c18-15-5-3-4-14(12-15)13-19-16-6-8-17(9-7-16)20-10-1-2-11-20/h3-9,12,19H,1-2,10-11,13H2. The van der Waals surface area contributed by atoms with E-state index in [0.717, 1.165) is 11.0 Å². The van der Waals surface area contributed by atoms with Crippen molar-refractivity contribution in [1.82, 2.24) is 0 Å². The summed E-state index contributed by atoms with van der Waals surface area (Å²) in [5.41, 5.74) is 3.80. The Balaban J connectivity index is 1.60. The number of anilines is 2. The highest BCUT2D eigenvalue weighted by atomic mass is 79.9. The molecular formula is C17H19BrN2. The van der Waals surface area contributed by atoms with E-state index < -0.39 is 0 Å². The van der Waals surface area contributed by atoms with E-state index in [-0.39, 0.29) is 0 Å². The monoisotopic (exact) mass is 330 g/mol. The zero-order valence-corrected chi connectivity index (χ0v) is 13.1. The lowest BCUT2D eigenvalue weighted by Gasteiger charge is -2.18. The predicted octanol–water partition coefficient (Wildman–Crippen LogP) is 4.66. The lowest BCUT2D eigenvalue weighted by Crippen LogP contribution is -2.17. The van der Waals surface area contributed by atoms with Gasteiger partial charge in [-0.25, -0.2) is 0 Å². The topological polar surface area (TPSA) is 15.3 Å². The molecule has 0 bridgehead atoms. The lowest BCUT2D eigenvalue weighted by molar-refractivity contribution is 0.949. The molecular weight excluding hydrogens is 312 g/mol. The van der Waals surface area contributed by atoms with Gasteiger partial charge in [-0.2, -0.15) is 0 Å². The van der Waals surface area contributed by atoms with Gasteiger partial charge >= 0.3 is 0 Å². The van der Waals surface area contributed by atoms with E-state index in [4.69, 9.17) is 0 Å². The van der Waals surface area contributed by atoms with E-state index in [1.807, 2.05) is 6.07 Å². The van der Waals surface area contributed by atoms with Crippen LogP contribution in [0.2, 0.25) is 0 Å². The second-order valence-corrected chi connectivity index (χ2v) is 6.14. The van der Waals surface area contributed by atoms with Crippen molar-refractivity contribution in [3.8, 4) is 0 Å². The molecule has 0 radical (unpaired) electrons. The molecule has 1 aliphatic heterocycles. The molecule has 0 unspecified atom stereocenters. The number of halogens is 1. The molecule has 1 saturated heterocycles. The van der Waals surface area contributed by atoms with Gasteiger partial charge in [0, 0.05) is 35.5 Å². The van der Waals surface area contributed by atoms with Gasteiger partial charge in [-0.1, -0.05) is 28.1 Å². The fourth-order valence-electron chi connectivity index (χ4n) is 2.62. The molecule has 1 heterocycles. The third-order valence-corrected chi connectivity index (χ3v) is 4.22. The lowest BCUT2D eigenvalue weighted by atomic mass is 10.2. The summed E-state index contributed by atoms with van der Waals surface area (Å²) < 4.78 is 1.13. The third-order valence-electron chi connectivity index (χ3n) is 3.72. The second kappa shape index (κ2) is 6.31. The molecule has 1 N–H and O–H groups in total. The van der Waals surface area contributed by atoms with Crippen LogP contribution >= 0.6 is 15.9 Å². The van der Waals surface area contributed by atoms with Crippen molar-refractivity contribution >= 4 is 27.3 Å². The number of rotatable bonds is 4. The normalized spacial score (nSPS) is 14.6. The van der Waals surface area contributed by atoms with Gasteiger partial charge in [-0.05, 0) is 54.8 Å². The first-order valence-electron chi connectivity index (χ1n) is 7.14. The van der Waals surface area contributed by atoms with Gasteiger partial charge in [0.2, 0.25) is 0 Å². The van der Waals surface area contributed by atoms with Gasteiger partial charge in [-0.3, -0.25) is 0 Å². The predicted molar refractivity (Wildman–Crippen MR) is 89.4 cm³/mol. The number of hydrogen-bond donors (Lipinski definition) is 1. The summed E-state index contributed by atoms with van der Waals surface area (Å²) in [6, 6.07) is 17.2. The van der Waals surface area contributed by atoms with Crippen LogP contribution in [-0.2, 0) is 6.54 Å². The van der Waals surface area contributed by atoms with Crippen molar-refractivity contribution in [2.24, 2.45) is 0 Å². The van der Waals surface area contributed by atoms with Crippen molar-refractivity contribution in [2.45, 2.75) is 19.4 Å². The van der Waals surface area contributed by atoms with Crippen molar-refractivity contribution in [3.05, 3.63) is 58.6 Å². The zero-order chi connectivity index (χ0) is 13.8. The van der Waals surface area contributed by atoms with Gasteiger partial charge in [0.05, 0.1) is 0 Å². The van der Waals surface area contributed by atoms with Crippen LogP contribution in [0.4, 0.5) is 11.4 Å². The summed E-state index contributed by atoms with van der Waals surface area (Å²) in [7, 11) is 0. The molecule has 2 aromatic carbocycles. The molecule has 2 aromatic rings. The van der Waals surface area contributed by atoms with Crippen LogP contribution in [0.1, 0.15) is 18.4 Å². The summed E-state index contributed by atoms with van der Waals surface area (Å²) in [6.07, 6.45) is 2.64. The quantitative estimate of drug-likeness (QED) is 0.876. The van der Waals surface area contributed by atoms with Crippen LogP contribution in [-0.4, -0.2) is 13.1 Å². The van der Waals surface area contributed by atoms with Gasteiger partial charge in [-0.15, -0.1) is 0 Å². The summed E-state index contributed by atoms with van der Waals surface area (Å²) in [5.74, 6) is 0. The summed E-state index contributed by atoms with van der Waals surface area (Å²) in [5, 5.41) is 3.47. The summed E-state index contributed by atoms with van der Waals surface area (Å²) in [4.78, 5) is 2.46. The van der Waals surface area contributed by atoms with Crippen molar-refractivity contribution < 1.29 is 0 Å². The molecule has 1 fully saturated rings. The van der Waals surface area contributed by atoms with Gasteiger partial charge in [0.1, 0.15) is 0 Å². The SMILES string of the molecule is Brc1cccc(CNc2ccc(N3CCCC3)cc2)c1. The van der Waals surface area contributed by atoms with Crippen LogP contribution in [0.5, 0.6) is 0 Å². The Morgan fingerprint density at radius 3 is 2.45 bits per heavy atom. The smallest absolute Gasteiger partial charge is 0.0401 e. The molecule has 3 rings (SSSR count). The molecule has 0 amide bonds. The third kappa shape index (κ3) is 3.34. The minimum atomic E-state index is 0.850. The molecule has 0 saturated carbocycles. The maximum absolute atomic E-state index is 3.50. The van der Waals surface area contributed by atoms with E-state index in [9.17, 15) is 0 Å². The first-order chi connectivity index (χ1) is 9.81. The van der Waals surface area contributed by atoms with Crippen molar-refractivity contribution in [1.29, 1.82) is 0 Å². The first kappa shape index (κ1) is 13.5. The number of benzene rings is 2. The number of nitrogens with one attached hydrogen (secondary N) is 1. The molecule has 0 aromatic heterocycles. The largest absolute Gasteiger partial charge is 0.381 e. The number of nitrogens with zero attached hydrogens (tertiary/aromatic N) is 1. The highest BCUT2D eigenvalue weighted by Gasteiger charge is 2.11. The van der Waals surface area contributed by atoms with Crippen molar-refractivity contribution in [2.75, 3.05) is 23.3 Å². The molecule has 104 valence electrons. The van der Waals surface area contributed by atoms with Gasteiger partial charge in [0.25, 0.3) is 0 Å². The van der Waals surface area contributed by atoms with E-state index in [1.54, 1.807) is 0 Å². The minimum absolute atomic E-state index is 0.850. The van der Waals surface area contributed by atoms with E-state index in [2.05, 4.69) is 68.6 Å². The van der Waals surface area contributed by atoms with Crippen LogP contribution in [0, 0.1) is 0 Å². The van der Waals surface area contributed by atoms with Crippen LogP contribution in [0.3, 0.4) is 0 Å².